The summed E-state index contributed by atoms with van der Waals surface area (Å²) >= 11 is 5.77. The highest BCUT2D eigenvalue weighted by Gasteiger charge is 2.34. The summed E-state index contributed by atoms with van der Waals surface area (Å²) in [6.07, 6.45) is 0. The Balaban J connectivity index is 2.27. The fourth-order valence-corrected chi connectivity index (χ4v) is 3.76. The average Bonchev–Trinajstić information content (AvgIpc) is 2.46. The lowest BCUT2D eigenvalue weighted by Crippen LogP contribution is -2.47. The van der Waals surface area contributed by atoms with Crippen molar-refractivity contribution in [1.82, 2.24) is 4.90 Å². The summed E-state index contributed by atoms with van der Waals surface area (Å²) in [7, 11) is -3.85. The molecule has 8 heteroatoms. The van der Waals surface area contributed by atoms with Gasteiger partial charge in [-0.1, -0.05) is 11.6 Å². The lowest BCUT2D eigenvalue weighted by molar-refractivity contribution is -0.134. The lowest BCUT2D eigenvalue weighted by Gasteiger charge is -2.29. The third-order valence-corrected chi connectivity index (χ3v) is 5.77. The first kappa shape index (κ1) is 16.1. The predicted octanol–water partition coefficient (Wildman–Crippen LogP) is 0.943. The molecule has 1 saturated heterocycles. The number of hydrogen-bond acceptors (Lipinski definition) is 5. The minimum Gasteiger partial charge on any atom is -0.398 e. The number of halogens is 1. The van der Waals surface area contributed by atoms with Gasteiger partial charge in [0.25, 0.3) is 0 Å². The van der Waals surface area contributed by atoms with Crippen molar-refractivity contribution in [3.8, 4) is 0 Å². The largest absolute Gasteiger partial charge is 0.398 e. The Morgan fingerprint density at radius 1 is 1.38 bits per heavy atom. The summed E-state index contributed by atoms with van der Waals surface area (Å²) < 4.78 is 30.2. The van der Waals surface area contributed by atoms with Crippen LogP contribution in [0, 0.1) is 0 Å². The van der Waals surface area contributed by atoms with Crippen molar-refractivity contribution < 1.29 is 17.9 Å². The van der Waals surface area contributed by atoms with E-state index < -0.39 is 21.0 Å². The second kappa shape index (κ2) is 6.21. The van der Waals surface area contributed by atoms with Gasteiger partial charge in [0.15, 0.2) is 9.84 Å². The van der Waals surface area contributed by atoms with E-state index in [1.165, 1.54) is 30.0 Å². The van der Waals surface area contributed by atoms with Gasteiger partial charge in [0.2, 0.25) is 5.91 Å². The van der Waals surface area contributed by atoms with E-state index in [4.69, 9.17) is 22.1 Å². The fraction of sp³-hybridized carbons (Fsp3) is 0.462. The van der Waals surface area contributed by atoms with Crippen LogP contribution in [0.2, 0.25) is 5.02 Å². The van der Waals surface area contributed by atoms with E-state index in [-0.39, 0.29) is 10.6 Å². The molecule has 116 valence electrons. The molecule has 1 aliphatic rings. The molecule has 0 saturated carbocycles. The number of sulfone groups is 1. The molecule has 0 spiro atoms. The van der Waals surface area contributed by atoms with Crippen molar-refractivity contribution in [2.24, 2.45) is 0 Å². The zero-order valence-electron chi connectivity index (χ0n) is 11.6. The van der Waals surface area contributed by atoms with Gasteiger partial charge in [-0.2, -0.15) is 0 Å². The van der Waals surface area contributed by atoms with Crippen molar-refractivity contribution in [2.45, 2.75) is 17.1 Å². The summed E-state index contributed by atoms with van der Waals surface area (Å²) in [5.41, 5.74) is 5.76. The van der Waals surface area contributed by atoms with Crippen LogP contribution < -0.4 is 5.73 Å². The second-order valence-corrected chi connectivity index (χ2v) is 7.48. The Morgan fingerprint density at radius 3 is 2.57 bits per heavy atom. The van der Waals surface area contributed by atoms with E-state index in [2.05, 4.69) is 0 Å². The van der Waals surface area contributed by atoms with Gasteiger partial charge in [-0.3, -0.25) is 4.79 Å². The SMILES string of the molecule is CC(C(=O)N1CCOCC1)S(=O)(=O)c1ccc(Cl)cc1N. The molecule has 2 N–H and O–H groups in total. The molecule has 1 heterocycles. The number of nitrogens with two attached hydrogens (primary N) is 1. The van der Waals surface area contributed by atoms with Gasteiger partial charge in [-0.15, -0.1) is 0 Å². The number of carbonyl (C=O) groups is 1. The summed E-state index contributed by atoms with van der Waals surface area (Å²) in [6.45, 7) is 3.01. The third kappa shape index (κ3) is 3.30. The van der Waals surface area contributed by atoms with Gasteiger partial charge < -0.3 is 15.4 Å². The smallest absolute Gasteiger partial charge is 0.241 e. The highest BCUT2D eigenvalue weighted by Crippen LogP contribution is 2.26. The summed E-state index contributed by atoms with van der Waals surface area (Å²) in [4.78, 5) is 13.7. The van der Waals surface area contributed by atoms with Gasteiger partial charge in [-0.25, -0.2) is 8.42 Å². The minimum atomic E-state index is -3.85. The molecule has 1 aliphatic heterocycles. The topological polar surface area (TPSA) is 89.7 Å². The number of nitrogens with zero attached hydrogens (tertiary/aromatic N) is 1. The van der Waals surface area contributed by atoms with Crippen molar-refractivity contribution in [1.29, 1.82) is 0 Å². The van der Waals surface area contributed by atoms with Gasteiger partial charge in [0, 0.05) is 18.1 Å². The number of morpholine rings is 1. The Bertz CT molecular complexity index is 642. The van der Waals surface area contributed by atoms with Crippen molar-refractivity contribution in [3.63, 3.8) is 0 Å². The standard InChI is InChI=1S/C13H17ClN2O4S/c1-9(13(17)16-4-6-20-7-5-16)21(18,19)12-3-2-10(14)8-11(12)15/h2-3,8-9H,4-7,15H2,1H3. The highest BCUT2D eigenvalue weighted by atomic mass is 35.5. The van der Waals surface area contributed by atoms with E-state index in [0.717, 1.165) is 0 Å². The van der Waals surface area contributed by atoms with Gasteiger partial charge in [0.1, 0.15) is 5.25 Å². The lowest BCUT2D eigenvalue weighted by atomic mass is 10.3. The first-order chi connectivity index (χ1) is 9.84. The summed E-state index contributed by atoms with van der Waals surface area (Å²) in [5.74, 6) is -0.437. The quantitative estimate of drug-likeness (QED) is 0.832. The molecule has 1 aromatic carbocycles. The predicted molar refractivity (Wildman–Crippen MR) is 79.9 cm³/mol. The van der Waals surface area contributed by atoms with Gasteiger partial charge in [-0.05, 0) is 25.1 Å². The van der Waals surface area contributed by atoms with Crippen LogP contribution in [-0.2, 0) is 19.4 Å². The van der Waals surface area contributed by atoms with E-state index >= 15 is 0 Å². The first-order valence-corrected chi connectivity index (χ1v) is 8.42. The molecule has 21 heavy (non-hydrogen) atoms. The van der Waals surface area contributed by atoms with E-state index in [9.17, 15) is 13.2 Å². The Kier molecular flexibility index (Phi) is 4.75. The molecule has 0 radical (unpaired) electrons. The molecular weight excluding hydrogens is 316 g/mol. The zero-order chi connectivity index (χ0) is 15.6. The van der Waals surface area contributed by atoms with Gasteiger partial charge in [0.05, 0.1) is 23.8 Å². The fourth-order valence-electron chi connectivity index (χ4n) is 2.14. The van der Waals surface area contributed by atoms with Crippen molar-refractivity contribution >= 4 is 33.0 Å². The molecule has 0 bridgehead atoms. The monoisotopic (exact) mass is 332 g/mol. The first-order valence-electron chi connectivity index (χ1n) is 6.49. The molecule has 0 aromatic heterocycles. The number of benzene rings is 1. The molecule has 6 nitrogen and oxygen atoms in total. The molecule has 1 atom stereocenters. The Morgan fingerprint density at radius 2 is 2.00 bits per heavy atom. The minimum absolute atomic E-state index is 0.0455. The Labute approximate surface area is 128 Å². The number of rotatable bonds is 3. The van der Waals surface area contributed by atoms with Crippen LogP contribution in [0.5, 0.6) is 0 Å². The maximum absolute atomic E-state index is 12.5. The van der Waals surface area contributed by atoms with E-state index in [1.807, 2.05) is 0 Å². The van der Waals surface area contributed by atoms with E-state index in [0.29, 0.717) is 31.3 Å². The number of amides is 1. The molecule has 1 fully saturated rings. The van der Waals surface area contributed by atoms with Crippen LogP contribution >= 0.6 is 11.6 Å². The van der Waals surface area contributed by atoms with Crippen LogP contribution in [-0.4, -0.2) is 50.8 Å². The van der Waals surface area contributed by atoms with Crippen LogP contribution in [0.4, 0.5) is 5.69 Å². The summed E-state index contributed by atoms with van der Waals surface area (Å²) in [6, 6.07) is 4.13. The van der Waals surface area contributed by atoms with Crippen molar-refractivity contribution in [3.05, 3.63) is 23.2 Å². The number of ether oxygens (including phenoxy) is 1. The highest BCUT2D eigenvalue weighted by molar-refractivity contribution is 7.93. The Hall–Kier alpha value is -1.31. The molecule has 1 amide bonds. The average molecular weight is 333 g/mol. The molecule has 0 aliphatic carbocycles. The van der Waals surface area contributed by atoms with Gasteiger partial charge >= 0.3 is 0 Å². The number of nitrogen functional groups attached to an aromatic ring is 1. The normalized spacial score (nSPS) is 17.5. The van der Waals surface area contributed by atoms with Crippen LogP contribution in [0.1, 0.15) is 6.92 Å². The summed E-state index contributed by atoms with van der Waals surface area (Å²) in [5, 5.41) is -0.849. The second-order valence-electron chi connectivity index (χ2n) is 4.81. The van der Waals surface area contributed by atoms with Crippen LogP contribution in [0.3, 0.4) is 0 Å². The zero-order valence-corrected chi connectivity index (χ0v) is 13.2. The number of hydrogen-bond donors (Lipinski definition) is 1. The number of carbonyl (C=O) groups excluding carboxylic acids is 1. The molecule has 2 rings (SSSR count). The molecular formula is C13H17ClN2O4S. The maximum atomic E-state index is 12.5. The molecule has 1 aromatic rings. The van der Waals surface area contributed by atoms with Crippen LogP contribution in [0.15, 0.2) is 23.1 Å². The molecule has 1 unspecified atom stereocenters. The maximum Gasteiger partial charge on any atom is 0.241 e. The van der Waals surface area contributed by atoms with Crippen molar-refractivity contribution in [2.75, 3.05) is 32.0 Å². The third-order valence-electron chi connectivity index (χ3n) is 3.41. The number of anilines is 1. The van der Waals surface area contributed by atoms with Crippen LogP contribution in [0.25, 0.3) is 0 Å². The van der Waals surface area contributed by atoms with E-state index in [1.54, 1.807) is 0 Å².